The molecule has 4 rings (SSSR count). The lowest BCUT2D eigenvalue weighted by Crippen LogP contribution is -2.47. The molecule has 0 N–H and O–H groups in total. The monoisotopic (exact) mass is 383 g/mol. The van der Waals surface area contributed by atoms with Crippen molar-refractivity contribution in [1.82, 2.24) is 15.1 Å². The fourth-order valence-electron chi connectivity index (χ4n) is 3.89. The van der Waals surface area contributed by atoms with Crippen molar-refractivity contribution >= 4 is 17.4 Å². The maximum Gasteiger partial charge on any atom is 0.274 e. The number of anilines is 2. The lowest BCUT2D eigenvalue weighted by molar-refractivity contribution is 0.0754. The SMILES string of the molecule is O=C(c1ccc(N2CCN(c3ccc(F)cc3)CC2)nn1)N1CCCCCC1. The van der Waals surface area contributed by atoms with Gasteiger partial charge in [-0.2, -0.15) is 0 Å². The van der Waals surface area contributed by atoms with Crippen LogP contribution in [0.4, 0.5) is 15.9 Å². The van der Waals surface area contributed by atoms with Gasteiger partial charge in [-0.3, -0.25) is 4.79 Å². The van der Waals surface area contributed by atoms with Crippen LogP contribution in [-0.4, -0.2) is 60.3 Å². The van der Waals surface area contributed by atoms with E-state index in [0.717, 1.165) is 63.6 Å². The molecule has 1 aromatic carbocycles. The Morgan fingerprint density at radius 3 is 2.00 bits per heavy atom. The molecule has 2 aliphatic heterocycles. The molecule has 2 aromatic rings. The Morgan fingerprint density at radius 1 is 0.750 bits per heavy atom. The number of piperazine rings is 1. The second-order valence-corrected chi connectivity index (χ2v) is 7.43. The molecule has 0 atom stereocenters. The first kappa shape index (κ1) is 18.7. The van der Waals surface area contributed by atoms with E-state index < -0.39 is 0 Å². The first-order chi connectivity index (χ1) is 13.7. The summed E-state index contributed by atoms with van der Waals surface area (Å²) in [5, 5.41) is 8.52. The zero-order valence-electron chi connectivity index (χ0n) is 16.1. The maximum atomic E-state index is 13.1. The number of hydrogen-bond donors (Lipinski definition) is 0. The lowest BCUT2D eigenvalue weighted by atomic mass is 10.2. The molecule has 1 amide bonds. The first-order valence-corrected chi connectivity index (χ1v) is 10.1. The van der Waals surface area contributed by atoms with Gasteiger partial charge in [-0.15, -0.1) is 10.2 Å². The minimum absolute atomic E-state index is 0.0120. The molecule has 2 aliphatic rings. The van der Waals surface area contributed by atoms with Crippen molar-refractivity contribution in [2.75, 3.05) is 49.1 Å². The largest absolute Gasteiger partial charge is 0.368 e. The van der Waals surface area contributed by atoms with Crippen molar-refractivity contribution in [3.63, 3.8) is 0 Å². The smallest absolute Gasteiger partial charge is 0.274 e. The van der Waals surface area contributed by atoms with Crippen molar-refractivity contribution in [2.45, 2.75) is 25.7 Å². The van der Waals surface area contributed by atoms with Crippen molar-refractivity contribution < 1.29 is 9.18 Å². The van der Waals surface area contributed by atoms with E-state index in [9.17, 15) is 9.18 Å². The molecule has 0 aliphatic carbocycles. The Morgan fingerprint density at radius 2 is 1.39 bits per heavy atom. The van der Waals surface area contributed by atoms with E-state index in [-0.39, 0.29) is 11.7 Å². The Balaban J connectivity index is 1.35. The van der Waals surface area contributed by atoms with Gasteiger partial charge in [0.05, 0.1) is 0 Å². The van der Waals surface area contributed by atoms with E-state index in [1.54, 1.807) is 6.07 Å². The third-order valence-corrected chi connectivity index (χ3v) is 5.56. The van der Waals surface area contributed by atoms with Gasteiger partial charge in [0.25, 0.3) is 5.91 Å². The molecule has 0 unspecified atom stereocenters. The van der Waals surface area contributed by atoms with Crippen molar-refractivity contribution in [3.8, 4) is 0 Å². The summed E-state index contributed by atoms with van der Waals surface area (Å²) in [6.45, 7) is 4.92. The number of rotatable bonds is 3. The maximum absolute atomic E-state index is 13.1. The third-order valence-electron chi connectivity index (χ3n) is 5.56. The molecule has 6 nitrogen and oxygen atoms in total. The fraction of sp³-hybridized carbons (Fsp3) is 0.476. The van der Waals surface area contributed by atoms with Gasteiger partial charge in [-0.1, -0.05) is 12.8 Å². The third kappa shape index (κ3) is 4.24. The van der Waals surface area contributed by atoms with Gasteiger partial charge in [-0.05, 0) is 49.2 Å². The highest BCUT2D eigenvalue weighted by atomic mass is 19.1. The molecule has 7 heteroatoms. The average Bonchev–Trinajstić information content (AvgIpc) is 3.04. The summed E-state index contributed by atoms with van der Waals surface area (Å²) >= 11 is 0. The molecule has 0 saturated carbocycles. The van der Waals surface area contributed by atoms with E-state index in [1.165, 1.54) is 25.0 Å². The summed E-state index contributed by atoms with van der Waals surface area (Å²) in [5.74, 6) is 0.570. The molecule has 1 aromatic heterocycles. The Labute approximate surface area is 165 Å². The van der Waals surface area contributed by atoms with Crippen LogP contribution in [0.25, 0.3) is 0 Å². The topological polar surface area (TPSA) is 52.6 Å². The van der Waals surface area contributed by atoms with Crippen molar-refractivity contribution in [2.24, 2.45) is 0 Å². The van der Waals surface area contributed by atoms with Gasteiger partial charge in [-0.25, -0.2) is 4.39 Å². The quantitative estimate of drug-likeness (QED) is 0.816. The van der Waals surface area contributed by atoms with Gasteiger partial charge in [0.1, 0.15) is 5.82 Å². The highest BCUT2D eigenvalue weighted by Crippen LogP contribution is 2.20. The minimum atomic E-state index is -0.215. The van der Waals surface area contributed by atoms with Gasteiger partial charge in [0.15, 0.2) is 11.5 Å². The molecule has 148 valence electrons. The standard InChI is InChI=1S/C21H26FN5O/c22-17-5-7-18(8-6-17)25-13-15-26(16-14-25)20-10-9-19(23-24-20)21(28)27-11-3-1-2-4-12-27/h5-10H,1-4,11-16H2. The van der Waals surface area contributed by atoms with Gasteiger partial charge in [0.2, 0.25) is 0 Å². The van der Waals surface area contributed by atoms with Crippen LogP contribution in [0.5, 0.6) is 0 Å². The van der Waals surface area contributed by atoms with Crippen LogP contribution in [0, 0.1) is 5.82 Å². The summed E-state index contributed by atoms with van der Waals surface area (Å²) in [5.41, 5.74) is 1.46. The molecule has 3 heterocycles. The number of amides is 1. The van der Waals surface area contributed by atoms with Crippen LogP contribution in [0.1, 0.15) is 36.2 Å². The van der Waals surface area contributed by atoms with Crippen molar-refractivity contribution in [3.05, 3.63) is 47.9 Å². The highest BCUT2D eigenvalue weighted by molar-refractivity contribution is 5.92. The van der Waals surface area contributed by atoms with E-state index in [4.69, 9.17) is 0 Å². The number of benzene rings is 1. The van der Waals surface area contributed by atoms with Crippen LogP contribution < -0.4 is 9.80 Å². The van der Waals surface area contributed by atoms with E-state index in [2.05, 4.69) is 20.0 Å². The molecule has 0 spiro atoms. The number of likely N-dealkylation sites (tertiary alicyclic amines) is 1. The highest BCUT2D eigenvalue weighted by Gasteiger charge is 2.21. The molecule has 2 fully saturated rings. The molecule has 2 saturated heterocycles. The number of carbonyl (C=O) groups excluding carboxylic acids is 1. The predicted octanol–water partition coefficient (Wildman–Crippen LogP) is 2.96. The number of halogens is 1. The number of hydrogen-bond acceptors (Lipinski definition) is 5. The number of nitrogens with zero attached hydrogens (tertiary/aromatic N) is 5. The minimum Gasteiger partial charge on any atom is -0.368 e. The van der Waals surface area contributed by atoms with Crippen LogP contribution in [0.3, 0.4) is 0 Å². The van der Waals surface area contributed by atoms with Gasteiger partial charge >= 0.3 is 0 Å². The van der Waals surface area contributed by atoms with Gasteiger partial charge in [0, 0.05) is 45.0 Å². The summed E-state index contributed by atoms with van der Waals surface area (Å²) in [6.07, 6.45) is 4.52. The van der Waals surface area contributed by atoms with Crippen LogP contribution in [0.15, 0.2) is 36.4 Å². The molecular formula is C21H26FN5O. The van der Waals surface area contributed by atoms with Crippen LogP contribution in [0.2, 0.25) is 0 Å². The van der Waals surface area contributed by atoms with Crippen molar-refractivity contribution in [1.29, 1.82) is 0 Å². The second-order valence-electron chi connectivity index (χ2n) is 7.43. The Kier molecular flexibility index (Phi) is 5.69. The van der Waals surface area contributed by atoms with Gasteiger partial charge < -0.3 is 14.7 Å². The summed E-state index contributed by atoms with van der Waals surface area (Å²) < 4.78 is 13.1. The van der Waals surface area contributed by atoms with E-state index in [0.29, 0.717) is 5.69 Å². The summed E-state index contributed by atoms with van der Waals surface area (Å²) in [7, 11) is 0. The zero-order chi connectivity index (χ0) is 19.3. The molecular weight excluding hydrogens is 357 g/mol. The molecule has 28 heavy (non-hydrogen) atoms. The van der Waals surface area contributed by atoms with E-state index >= 15 is 0 Å². The lowest BCUT2D eigenvalue weighted by Gasteiger charge is -2.36. The Bertz CT molecular complexity index is 779. The van der Waals surface area contributed by atoms with E-state index in [1.807, 2.05) is 23.1 Å². The predicted molar refractivity (Wildman–Crippen MR) is 107 cm³/mol. The second kappa shape index (κ2) is 8.54. The first-order valence-electron chi connectivity index (χ1n) is 10.1. The normalized spacial score (nSPS) is 18.1. The Hall–Kier alpha value is -2.70. The summed E-state index contributed by atoms with van der Waals surface area (Å²) in [4.78, 5) is 19.0. The number of carbonyl (C=O) groups is 1. The average molecular weight is 383 g/mol. The zero-order valence-corrected chi connectivity index (χ0v) is 16.1. The molecule has 0 bridgehead atoms. The summed E-state index contributed by atoms with van der Waals surface area (Å²) in [6, 6.07) is 10.3. The molecule has 0 radical (unpaired) electrons. The number of aromatic nitrogens is 2. The van der Waals surface area contributed by atoms with Crippen LogP contribution >= 0.6 is 0 Å². The fourth-order valence-corrected chi connectivity index (χ4v) is 3.89. The van der Waals surface area contributed by atoms with Crippen LogP contribution in [-0.2, 0) is 0 Å².